The molecule has 20 heavy (non-hydrogen) atoms. The number of hydrogen-bond donors (Lipinski definition) is 1. The zero-order valence-corrected chi connectivity index (χ0v) is 12.3. The van der Waals surface area contributed by atoms with Crippen LogP contribution < -0.4 is 5.73 Å². The molecule has 0 saturated carbocycles. The van der Waals surface area contributed by atoms with E-state index >= 15 is 0 Å². The Bertz CT molecular complexity index is 475. The third-order valence-electron chi connectivity index (χ3n) is 3.21. The highest BCUT2D eigenvalue weighted by Gasteiger charge is 2.22. The van der Waals surface area contributed by atoms with Crippen LogP contribution in [0.5, 0.6) is 0 Å². The summed E-state index contributed by atoms with van der Waals surface area (Å²) in [6, 6.07) is 3.44. The molecule has 1 fully saturated rings. The average molecular weight is 299 g/mol. The van der Waals surface area contributed by atoms with Gasteiger partial charge in [-0.2, -0.15) is 0 Å². The number of rotatable bonds is 3. The summed E-state index contributed by atoms with van der Waals surface area (Å²) in [7, 11) is 0. The molecule has 0 aromatic carbocycles. The van der Waals surface area contributed by atoms with E-state index in [-0.39, 0.29) is 6.09 Å². The van der Waals surface area contributed by atoms with Crippen molar-refractivity contribution in [2.24, 2.45) is 0 Å². The molecule has 2 heterocycles. The summed E-state index contributed by atoms with van der Waals surface area (Å²) in [5.41, 5.74) is 6.44. The first-order chi connectivity index (χ1) is 9.60. The van der Waals surface area contributed by atoms with E-state index in [0.717, 1.165) is 18.8 Å². The third kappa shape index (κ3) is 3.74. The first kappa shape index (κ1) is 14.9. The van der Waals surface area contributed by atoms with Gasteiger partial charge in [0.2, 0.25) is 0 Å². The maximum Gasteiger partial charge on any atom is 0.409 e. The molecule has 1 amide bonds. The zero-order valence-electron chi connectivity index (χ0n) is 11.5. The summed E-state index contributed by atoms with van der Waals surface area (Å²) in [5, 5.41) is 0.618. The van der Waals surface area contributed by atoms with Crippen molar-refractivity contribution in [3.63, 3.8) is 0 Å². The average Bonchev–Trinajstić information content (AvgIpc) is 2.44. The normalized spacial score (nSPS) is 16.2. The summed E-state index contributed by atoms with van der Waals surface area (Å²) in [5.74, 6) is 0.467. The van der Waals surface area contributed by atoms with Crippen LogP contribution in [0.2, 0.25) is 5.02 Å². The van der Waals surface area contributed by atoms with Crippen LogP contribution in [0.25, 0.3) is 0 Å². The zero-order chi connectivity index (χ0) is 14.5. The molecule has 6 nitrogen and oxygen atoms in total. The van der Waals surface area contributed by atoms with Gasteiger partial charge in [0, 0.05) is 32.7 Å². The Balaban J connectivity index is 1.88. The molecule has 0 radical (unpaired) electrons. The number of amides is 1. The lowest BCUT2D eigenvalue weighted by Crippen LogP contribution is -2.48. The molecule has 110 valence electrons. The Hall–Kier alpha value is -1.53. The van der Waals surface area contributed by atoms with Crippen molar-refractivity contribution in [2.45, 2.75) is 13.5 Å². The molecule has 2 N–H and O–H groups in total. The summed E-state index contributed by atoms with van der Waals surface area (Å²) in [4.78, 5) is 19.8. The molecule has 1 saturated heterocycles. The van der Waals surface area contributed by atoms with Crippen molar-refractivity contribution in [3.05, 3.63) is 22.8 Å². The van der Waals surface area contributed by atoms with Crippen LogP contribution in [0.4, 0.5) is 10.6 Å². The van der Waals surface area contributed by atoms with Crippen molar-refractivity contribution in [1.82, 2.24) is 14.8 Å². The molecule has 1 aromatic heterocycles. The topological polar surface area (TPSA) is 71.7 Å². The summed E-state index contributed by atoms with van der Waals surface area (Å²) >= 11 is 6.11. The Labute approximate surface area is 123 Å². The lowest BCUT2D eigenvalue weighted by atomic mass is 10.2. The second kappa shape index (κ2) is 6.76. The monoisotopic (exact) mass is 298 g/mol. The Kier molecular flexibility index (Phi) is 5.03. The van der Waals surface area contributed by atoms with E-state index in [0.29, 0.717) is 37.1 Å². The van der Waals surface area contributed by atoms with Crippen molar-refractivity contribution in [3.8, 4) is 0 Å². The number of carbonyl (C=O) groups excluding carboxylic acids is 1. The predicted molar refractivity (Wildman–Crippen MR) is 77.5 cm³/mol. The van der Waals surface area contributed by atoms with E-state index in [1.54, 1.807) is 17.0 Å². The fourth-order valence-corrected chi connectivity index (χ4v) is 2.29. The van der Waals surface area contributed by atoms with Gasteiger partial charge in [-0.05, 0) is 19.1 Å². The highest BCUT2D eigenvalue weighted by Crippen LogP contribution is 2.18. The lowest BCUT2D eigenvalue weighted by Gasteiger charge is -2.33. The van der Waals surface area contributed by atoms with Crippen LogP contribution in [-0.2, 0) is 11.3 Å². The van der Waals surface area contributed by atoms with Gasteiger partial charge in [0.15, 0.2) is 0 Å². The van der Waals surface area contributed by atoms with Gasteiger partial charge in [-0.15, -0.1) is 0 Å². The molecule has 1 aliphatic heterocycles. The minimum Gasteiger partial charge on any atom is -0.450 e. The van der Waals surface area contributed by atoms with Crippen molar-refractivity contribution >= 4 is 23.5 Å². The quantitative estimate of drug-likeness (QED) is 0.917. The Morgan fingerprint density at radius 2 is 2.10 bits per heavy atom. The molecule has 0 atom stereocenters. The van der Waals surface area contributed by atoms with Crippen molar-refractivity contribution in [2.75, 3.05) is 38.5 Å². The molecular formula is C13H19ClN4O2. The largest absolute Gasteiger partial charge is 0.450 e. The van der Waals surface area contributed by atoms with Crippen LogP contribution in [-0.4, -0.2) is 53.7 Å². The Morgan fingerprint density at radius 3 is 2.75 bits per heavy atom. The SMILES string of the molecule is CCOC(=O)N1CCN(Cc2nc(N)ccc2Cl)CC1. The molecule has 0 spiro atoms. The van der Waals surface area contributed by atoms with Crippen molar-refractivity contribution in [1.29, 1.82) is 0 Å². The van der Waals surface area contributed by atoms with Crippen molar-refractivity contribution < 1.29 is 9.53 Å². The van der Waals surface area contributed by atoms with E-state index in [1.165, 1.54) is 0 Å². The van der Waals surface area contributed by atoms with Crippen LogP contribution in [0.15, 0.2) is 12.1 Å². The summed E-state index contributed by atoms with van der Waals surface area (Å²) in [6.07, 6.45) is -0.243. The van der Waals surface area contributed by atoms with Gasteiger partial charge in [-0.1, -0.05) is 11.6 Å². The van der Waals surface area contributed by atoms with E-state index in [2.05, 4.69) is 9.88 Å². The van der Waals surface area contributed by atoms with Gasteiger partial charge in [-0.3, -0.25) is 4.90 Å². The maximum absolute atomic E-state index is 11.6. The minimum atomic E-state index is -0.243. The standard InChI is InChI=1S/C13H19ClN4O2/c1-2-20-13(19)18-7-5-17(6-8-18)9-11-10(14)3-4-12(15)16-11/h3-4H,2,5-9H2,1H3,(H2,15,16). The molecule has 2 rings (SSSR count). The molecular weight excluding hydrogens is 280 g/mol. The number of nitrogens with two attached hydrogens (primary N) is 1. The van der Waals surface area contributed by atoms with Gasteiger partial charge in [0.25, 0.3) is 0 Å². The van der Waals surface area contributed by atoms with Gasteiger partial charge < -0.3 is 15.4 Å². The summed E-state index contributed by atoms with van der Waals surface area (Å²) < 4.78 is 4.99. The first-order valence-electron chi connectivity index (χ1n) is 6.65. The van der Waals surface area contributed by atoms with E-state index in [1.807, 2.05) is 6.92 Å². The second-order valence-electron chi connectivity index (χ2n) is 4.63. The number of nitrogen functional groups attached to an aromatic ring is 1. The third-order valence-corrected chi connectivity index (χ3v) is 3.56. The minimum absolute atomic E-state index is 0.243. The summed E-state index contributed by atoms with van der Waals surface area (Å²) in [6.45, 7) is 5.69. The number of pyridine rings is 1. The van der Waals surface area contributed by atoms with Gasteiger partial charge >= 0.3 is 6.09 Å². The number of anilines is 1. The van der Waals surface area contributed by atoms with Gasteiger partial charge in [-0.25, -0.2) is 9.78 Å². The van der Waals surface area contributed by atoms with Crippen LogP contribution in [0.3, 0.4) is 0 Å². The smallest absolute Gasteiger partial charge is 0.409 e. The number of nitrogens with zero attached hydrogens (tertiary/aromatic N) is 3. The van der Waals surface area contributed by atoms with Gasteiger partial charge in [0.05, 0.1) is 17.3 Å². The number of carbonyl (C=O) groups is 1. The van der Waals surface area contributed by atoms with Crippen LogP contribution >= 0.6 is 11.6 Å². The number of hydrogen-bond acceptors (Lipinski definition) is 5. The molecule has 0 unspecified atom stereocenters. The second-order valence-corrected chi connectivity index (χ2v) is 5.03. The maximum atomic E-state index is 11.6. The lowest BCUT2D eigenvalue weighted by molar-refractivity contribution is 0.0775. The first-order valence-corrected chi connectivity index (χ1v) is 7.03. The molecule has 7 heteroatoms. The van der Waals surface area contributed by atoms with Crippen LogP contribution in [0, 0.1) is 0 Å². The fraction of sp³-hybridized carbons (Fsp3) is 0.538. The molecule has 0 aliphatic carbocycles. The van der Waals surface area contributed by atoms with Crippen LogP contribution in [0.1, 0.15) is 12.6 Å². The fourth-order valence-electron chi connectivity index (χ4n) is 2.13. The number of halogens is 1. The highest BCUT2D eigenvalue weighted by atomic mass is 35.5. The highest BCUT2D eigenvalue weighted by molar-refractivity contribution is 6.31. The van der Waals surface area contributed by atoms with E-state index < -0.39 is 0 Å². The number of aromatic nitrogens is 1. The molecule has 1 aromatic rings. The van der Waals surface area contributed by atoms with E-state index in [9.17, 15) is 4.79 Å². The number of ether oxygens (including phenoxy) is 1. The van der Waals surface area contributed by atoms with E-state index in [4.69, 9.17) is 22.1 Å². The molecule has 1 aliphatic rings. The Morgan fingerprint density at radius 1 is 1.40 bits per heavy atom. The number of piperazine rings is 1. The predicted octanol–water partition coefficient (Wildman–Crippen LogP) is 1.59. The van der Waals surface area contributed by atoms with Gasteiger partial charge in [0.1, 0.15) is 5.82 Å². The molecule has 0 bridgehead atoms.